The average molecular weight is 285 g/mol. The van der Waals surface area contributed by atoms with Gasteiger partial charge in [0.05, 0.1) is 5.69 Å². The van der Waals surface area contributed by atoms with Gasteiger partial charge >= 0.3 is 0 Å². The van der Waals surface area contributed by atoms with Crippen molar-refractivity contribution >= 4 is 5.82 Å². The van der Waals surface area contributed by atoms with E-state index in [2.05, 4.69) is 49.6 Å². The molecule has 0 spiro atoms. The molecule has 1 atom stereocenters. The number of benzene rings is 1. The Morgan fingerprint density at radius 1 is 1.14 bits per heavy atom. The van der Waals surface area contributed by atoms with Gasteiger partial charge in [0, 0.05) is 18.0 Å². The topological polar surface area (TPSA) is 43.8 Å². The van der Waals surface area contributed by atoms with Crippen molar-refractivity contribution in [3.05, 3.63) is 36.0 Å². The lowest BCUT2D eigenvalue weighted by atomic mass is 10.0. The summed E-state index contributed by atoms with van der Waals surface area (Å²) in [6.07, 6.45) is 4.57. The number of hydrogen-bond donors (Lipinski definition) is 1. The minimum atomic E-state index is 0.417. The Labute approximate surface area is 128 Å². The Balaban J connectivity index is 2.44. The average Bonchev–Trinajstić information content (AvgIpc) is 2.83. The van der Waals surface area contributed by atoms with Gasteiger partial charge in [-0.2, -0.15) is 0 Å². The lowest BCUT2D eigenvalue weighted by Crippen LogP contribution is -2.06. The fourth-order valence-electron chi connectivity index (χ4n) is 2.77. The summed E-state index contributed by atoms with van der Waals surface area (Å²) < 4.78 is 2.19. The lowest BCUT2D eigenvalue weighted by molar-refractivity contribution is 0.636. The zero-order valence-corrected chi connectivity index (χ0v) is 13.5. The Hall–Kier alpha value is -1.77. The van der Waals surface area contributed by atoms with Crippen LogP contribution in [0.25, 0.3) is 11.4 Å². The maximum absolute atomic E-state index is 6.41. The van der Waals surface area contributed by atoms with Crippen LogP contribution < -0.4 is 5.73 Å². The van der Waals surface area contributed by atoms with Crippen LogP contribution in [0.1, 0.15) is 58.1 Å². The predicted octanol–water partition coefficient (Wildman–Crippen LogP) is 4.84. The van der Waals surface area contributed by atoms with Gasteiger partial charge < -0.3 is 10.3 Å². The van der Waals surface area contributed by atoms with Gasteiger partial charge in [-0.1, -0.05) is 63.9 Å². The molecular weight excluding hydrogens is 258 g/mol. The van der Waals surface area contributed by atoms with E-state index >= 15 is 0 Å². The fraction of sp³-hybridized carbons (Fsp3) is 0.500. The normalized spacial score (nSPS) is 12.5. The summed E-state index contributed by atoms with van der Waals surface area (Å²) in [5.74, 6) is 2.28. The Kier molecular flexibility index (Phi) is 5.43. The third-order valence-corrected chi connectivity index (χ3v) is 3.99. The van der Waals surface area contributed by atoms with Gasteiger partial charge in [-0.25, -0.2) is 4.98 Å². The fourth-order valence-corrected chi connectivity index (χ4v) is 2.77. The Bertz CT molecular complexity index is 557. The van der Waals surface area contributed by atoms with Crippen molar-refractivity contribution in [1.82, 2.24) is 9.55 Å². The highest BCUT2D eigenvalue weighted by Crippen LogP contribution is 2.31. The van der Waals surface area contributed by atoms with Crippen LogP contribution in [0.5, 0.6) is 0 Å². The molecule has 0 bridgehead atoms. The van der Waals surface area contributed by atoms with Crippen molar-refractivity contribution < 1.29 is 0 Å². The third-order valence-electron chi connectivity index (χ3n) is 3.99. The monoisotopic (exact) mass is 285 g/mol. The Morgan fingerprint density at radius 3 is 2.48 bits per heavy atom. The first kappa shape index (κ1) is 15.6. The van der Waals surface area contributed by atoms with Gasteiger partial charge in [-0.15, -0.1) is 0 Å². The van der Waals surface area contributed by atoms with Crippen LogP contribution in [-0.4, -0.2) is 9.55 Å². The zero-order chi connectivity index (χ0) is 15.2. The number of nitrogen functional groups attached to an aromatic ring is 1. The molecule has 0 amide bonds. The summed E-state index contributed by atoms with van der Waals surface area (Å²) in [4.78, 5) is 4.89. The van der Waals surface area contributed by atoms with Crippen molar-refractivity contribution in [2.75, 3.05) is 5.73 Å². The van der Waals surface area contributed by atoms with Crippen molar-refractivity contribution in [3.63, 3.8) is 0 Å². The van der Waals surface area contributed by atoms with E-state index in [1.54, 1.807) is 0 Å². The highest BCUT2D eigenvalue weighted by molar-refractivity contribution is 5.61. The molecule has 0 radical (unpaired) electrons. The standard InChI is InChI=1S/C18H27N3/c1-4-6-13-21-17(19)16(14(3)10-5-2)20-18(21)15-11-8-7-9-12-15/h7-9,11-12,14H,4-6,10,13,19H2,1-3H3. The molecule has 1 heterocycles. The molecule has 114 valence electrons. The number of anilines is 1. The van der Waals surface area contributed by atoms with Gasteiger partial charge in [-0.3, -0.25) is 0 Å². The van der Waals surface area contributed by atoms with E-state index in [9.17, 15) is 0 Å². The van der Waals surface area contributed by atoms with Gasteiger partial charge in [-0.05, 0) is 12.8 Å². The smallest absolute Gasteiger partial charge is 0.141 e. The highest BCUT2D eigenvalue weighted by Gasteiger charge is 2.19. The molecule has 0 aliphatic rings. The summed E-state index contributed by atoms with van der Waals surface area (Å²) >= 11 is 0. The van der Waals surface area contributed by atoms with E-state index in [4.69, 9.17) is 10.7 Å². The first-order chi connectivity index (χ1) is 10.2. The lowest BCUT2D eigenvalue weighted by Gasteiger charge is -2.10. The van der Waals surface area contributed by atoms with Crippen molar-refractivity contribution in [1.29, 1.82) is 0 Å². The molecule has 1 aromatic heterocycles. The number of hydrogen-bond acceptors (Lipinski definition) is 2. The van der Waals surface area contributed by atoms with Crippen molar-refractivity contribution in [2.24, 2.45) is 0 Å². The molecule has 0 fully saturated rings. The summed E-state index contributed by atoms with van der Waals surface area (Å²) in [5.41, 5.74) is 8.62. The first-order valence-corrected chi connectivity index (χ1v) is 8.10. The molecule has 1 aromatic carbocycles. The Morgan fingerprint density at radius 2 is 1.86 bits per heavy atom. The summed E-state index contributed by atoms with van der Waals surface area (Å²) in [5, 5.41) is 0. The van der Waals surface area contributed by atoms with E-state index in [1.165, 1.54) is 0 Å². The molecule has 21 heavy (non-hydrogen) atoms. The van der Waals surface area contributed by atoms with E-state index in [1.807, 2.05) is 6.07 Å². The maximum atomic E-state index is 6.41. The number of nitrogens with two attached hydrogens (primary N) is 1. The van der Waals surface area contributed by atoms with Crippen LogP contribution in [0, 0.1) is 0 Å². The third kappa shape index (κ3) is 3.46. The van der Waals surface area contributed by atoms with E-state index in [0.29, 0.717) is 5.92 Å². The van der Waals surface area contributed by atoms with Crippen LogP contribution in [-0.2, 0) is 6.54 Å². The second-order valence-corrected chi connectivity index (χ2v) is 5.77. The maximum Gasteiger partial charge on any atom is 0.141 e. The highest BCUT2D eigenvalue weighted by atomic mass is 15.1. The molecule has 0 aliphatic carbocycles. The number of nitrogens with zero attached hydrogens (tertiary/aromatic N) is 2. The molecule has 0 saturated heterocycles. The number of imidazole rings is 1. The quantitative estimate of drug-likeness (QED) is 0.791. The molecule has 3 heteroatoms. The second-order valence-electron chi connectivity index (χ2n) is 5.77. The number of rotatable bonds is 7. The number of aromatic nitrogens is 2. The van der Waals surface area contributed by atoms with Crippen LogP contribution in [0.15, 0.2) is 30.3 Å². The van der Waals surface area contributed by atoms with E-state index in [-0.39, 0.29) is 0 Å². The molecule has 1 unspecified atom stereocenters. The van der Waals surface area contributed by atoms with Crippen molar-refractivity contribution in [3.8, 4) is 11.4 Å². The van der Waals surface area contributed by atoms with Gasteiger partial charge in [0.1, 0.15) is 11.6 Å². The molecule has 0 aliphatic heterocycles. The van der Waals surface area contributed by atoms with Crippen molar-refractivity contribution in [2.45, 2.75) is 58.9 Å². The molecule has 2 N–H and O–H groups in total. The van der Waals surface area contributed by atoms with Crippen LogP contribution in [0.3, 0.4) is 0 Å². The van der Waals surface area contributed by atoms with E-state index in [0.717, 1.165) is 55.1 Å². The number of unbranched alkanes of at least 4 members (excludes halogenated alkanes) is 1. The van der Waals surface area contributed by atoms with Crippen LogP contribution in [0.4, 0.5) is 5.82 Å². The van der Waals surface area contributed by atoms with Gasteiger partial charge in [0.25, 0.3) is 0 Å². The first-order valence-electron chi connectivity index (χ1n) is 8.10. The predicted molar refractivity (Wildman–Crippen MR) is 90.3 cm³/mol. The van der Waals surface area contributed by atoms with Gasteiger partial charge in [0.15, 0.2) is 0 Å². The largest absolute Gasteiger partial charge is 0.384 e. The summed E-state index contributed by atoms with van der Waals surface area (Å²) in [7, 11) is 0. The molecule has 3 nitrogen and oxygen atoms in total. The minimum absolute atomic E-state index is 0.417. The van der Waals surface area contributed by atoms with Crippen LogP contribution >= 0.6 is 0 Å². The molecular formula is C18H27N3. The van der Waals surface area contributed by atoms with Gasteiger partial charge in [0.2, 0.25) is 0 Å². The zero-order valence-electron chi connectivity index (χ0n) is 13.5. The molecule has 2 rings (SSSR count). The van der Waals surface area contributed by atoms with Crippen LogP contribution in [0.2, 0.25) is 0 Å². The molecule has 0 saturated carbocycles. The van der Waals surface area contributed by atoms with E-state index < -0.39 is 0 Å². The second kappa shape index (κ2) is 7.30. The minimum Gasteiger partial charge on any atom is -0.384 e. The SMILES string of the molecule is CCCCn1c(-c2ccccc2)nc(C(C)CCC)c1N. The summed E-state index contributed by atoms with van der Waals surface area (Å²) in [6, 6.07) is 10.4. The summed E-state index contributed by atoms with van der Waals surface area (Å²) in [6.45, 7) is 7.58. The molecule has 2 aromatic rings.